The Kier molecular flexibility index (Phi) is 4.15. The molecular formula is C16H8BrCl3O. The van der Waals surface area contributed by atoms with Crippen LogP contribution in [0.4, 0.5) is 0 Å². The summed E-state index contributed by atoms with van der Waals surface area (Å²) in [6.07, 6.45) is 0. The highest BCUT2D eigenvalue weighted by atomic mass is 79.9. The summed E-state index contributed by atoms with van der Waals surface area (Å²) in [6.45, 7) is 0. The van der Waals surface area contributed by atoms with Crippen LogP contribution in [-0.4, -0.2) is 11.1 Å². The van der Waals surface area contributed by atoms with Crippen LogP contribution in [0.3, 0.4) is 0 Å². The van der Waals surface area contributed by atoms with E-state index in [1.165, 1.54) is 0 Å². The van der Waals surface area contributed by atoms with Crippen LogP contribution in [-0.2, 0) is 0 Å². The van der Waals surface area contributed by atoms with Crippen LogP contribution >= 0.6 is 50.7 Å². The van der Waals surface area contributed by atoms with Crippen molar-refractivity contribution in [3.05, 3.63) is 57.0 Å². The number of fused-ring (bicyclic) bond motifs is 3. The van der Waals surface area contributed by atoms with E-state index in [4.69, 9.17) is 34.8 Å². The molecule has 3 aromatic rings. The number of hydrogen-bond donors (Lipinski definition) is 0. The van der Waals surface area contributed by atoms with E-state index in [0.717, 1.165) is 21.5 Å². The molecule has 0 N–H and O–H groups in total. The number of rotatable bonds is 2. The van der Waals surface area contributed by atoms with Gasteiger partial charge in [0.05, 0.1) is 10.4 Å². The Morgan fingerprint density at radius 2 is 1.71 bits per heavy atom. The van der Waals surface area contributed by atoms with Gasteiger partial charge >= 0.3 is 0 Å². The number of benzene rings is 3. The van der Waals surface area contributed by atoms with Crippen LogP contribution < -0.4 is 0 Å². The molecule has 0 saturated heterocycles. The monoisotopic (exact) mass is 400 g/mol. The maximum atomic E-state index is 12.2. The van der Waals surface area contributed by atoms with Crippen molar-refractivity contribution >= 4 is 78.1 Å². The van der Waals surface area contributed by atoms with Gasteiger partial charge in [0.25, 0.3) is 0 Å². The van der Waals surface area contributed by atoms with Crippen LogP contribution in [0.5, 0.6) is 0 Å². The molecule has 0 unspecified atom stereocenters. The lowest BCUT2D eigenvalue weighted by Gasteiger charge is -2.11. The molecule has 3 aromatic carbocycles. The standard InChI is InChI=1S/C16H8BrCl3O/c17-7-15(21)13-4-8-3-10(19)6-14(20)16(8)11-2-1-9(18)5-12(11)13/h1-6H,7H2. The van der Waals surface area contributed by atoms with E-state index in [0.29, 0.717) is 20.6 Å². The van der Waals surface area contributed by atoms with Crippen molar-refractivity contribution in [2.45, 2.75) is 0 Å². The Balaban J connectivity index is 2.56. The molecule has 0 bridgehead atoms. The zero-order valence-electron chi connectivity index (χ0n) is 10.6. The van der Waals surface area contributed by atoms with Crippen molar-refractivity contribution < 1.29 is 4.79 Å². The van der Waals surface area contributed by atoms with Crippen molar-refractivity contribution in [3.8, 4) is 0 Å². The summed E-state index contributed by atoms with van der Waals surface area (Å²) in [5, 5.41) is 5.32. The highest BCUT2D eigenvalue weighted by molar-refractivity contribution is 9.09. The van der Waals surface area contributed by atoms with Crippen LogP contribution in [0.1, 0.15) is 10.4 Å². The average molecular weight is 403 g/mol. The Labute approximate surface area is 144 Å². The first-order chi connectivity index (χ1) is 10.0. The Morgan fingerprint density at radius 3 is 2.43 bits per heavy atom. The minimum Gasteiger partial charge on any atom is -0.293 e. The maximum Gasteiger partial charge on any atom is 0.174 e. The number of carbonyl (C=O) groups excluding carboxylic acids is 1. The fourth-order valence-corrected chi connectivity index (χ4v) is 3.57. The number of carbonyl (C=O) groups is 1. The molecule has 5 heteroatoms. The van der Waals surface area contributed by atoms with Crippen LogP contribution in [0.15, 0.2) is 36.4 Å². The highest BCUT2D eigenvalue weighted by Gasteiger charge is 2.15. The molecule has 0 atom stereocenters. The fraction of sp³-hybridized carbons (Fsp3) is 0.0625. The van der Waals surface area contributed by atoms with Gasteiger partial charge in [-0.2, -0.15) is 0 Å². The predicted octanol–water partition coefficient (Wildman–Crippen LogP) is 6.53. The number of ketones is 1. The first kappa shape index (κ1) is 15.1. The molecule has 0 aliphatic rings. The average Bonchev–Trinajstić information content (AvgIpc) is 2.44. The van der Waals surface area contributed by atoms with E-state index in [1.807, 2.05) is 18.2 Å². The normalized spacial score (nSPS) is 11.2. The molecule has 21 heavy (non-hydrogen) atoms. The van der Waals surface area contributed by atoms with E-state index >= 15 is 0 Å². The quantitative estimate of drug-likeness (QED) is 0.270. The summed E-state index contributed by atoms with van der Waals surface area (Å²) in [6, 6.07) is 10.8. The second-order valence-electron chi connectivity index (χ2n) is 4.66. The zero-order chi connectivity index (χ0) is 15.1. The topological polar surface area (TPSA) is 17.1 Å². The molecule has 106 valence electrons. The van der Waals surface area contributed by atoms with Crippen LogP contribution in [0.25, 0.3) is 21.5 Å². The Bertz CT molecular complexity index is 890. The molecule has 0 fully saturated rings. The lowest BCUT2D eigenvalue weighted by molar-refractivity contribution is 0.102. The van der Waals surface area contributed by atoms with E-state index in [1.54, 1.807) is 18.2 Å². The van der Waals surface area contributed by atoms with Gasteiger partial charge in [-0.25, -0.2) is 0 Å². The molecule has 0 saturated carbocycles. The summed E-state index contributed by atoms with van der Waals surface area (Å²) >= 11 is 21.7. The Hall–Kier alpha value is -0.800. The molecular weight excluding hydrogens is 394 g/mol. The Morgan fingerprint density at radius 1 is 0.952 bits per heavy atom. The lowest BCUT2D eigenvalue weighted by atomic mass is 9.95. The molecule has 0 aliphatic heterocycles. The number of alkyl halides is 1. The molecule has 0 aliphatic carbocycles. The second kappa shape index (κ2) is 5.77. The van der Waals surface area contributed by atoms with E-state index in [9.17, 15) is 4.79 Å². The van der Waals surface area contributed by atoms with E-state index in [2.05, 4.69) is 15.9 Å². The summed E-state index contributed by atoms with van der Waals surface area (Å²) in [4.78, 5) is 12.2. The van der Waals surface area contributed by atoms with Crippen LogP contribution in [0.2, 0.25) is 15.1 Å². The van der Waals surface area contributed by atoms with Crippen molar-refractivity contribution in [2.75, 3.05) is 5.33 Å². The van der Waals surface area contributed by atoms with Gasteiger partial charge in [0.2, 0.25) is 0 Å². The van der Waals surface area contributed by atoms with Crippen LogP contribution in [0, 0.1) is 0 Å². The van der Waals surface area contributed by atoms with Gasteiger partial charge in [-0.3, -0.25) is 4.79 Å². The number of Topliss-reactive ketones (excluding diaryl/α,β-unsaturated/α-hetero) is 1. The first-order valence-corrected chi connectivity index (χ1v) is 8.37. The number of hydrogen-bond acceptors (Lipinski definition) is 1. The minimum absolute atomic E-state index is 0.0136. The van der Waals surface area contributed by atoms with Gasteiger partial charge in [0.1, 0.15) is 0 Å². The molecule has 3 rings (SSSR count). The third kappa shape index (κ3) is 2.66. The summed E-state index contributed by atoms with van der Waals surface area (Å²) in [7, 11) is 0. The first-order valence-electron chi connectivity index (χ1n) is 6.11. The van der Waals surface area contributed by atoms with Gasteiger partial charge in [-0.05, 0) is 46.5 Å². The van der Waals surface area contributed by atoms with Gasteiger partial charge < -0.3 is 0 Å². The molecule has 0 heterocycles. The fourth-order valence-electron chi connectivity index (χ4n) is 2.48. The molecule has 0 amide bonds. The van der Waals surface area contributed by atoms with Crippen molar-refractivity contribution in [1.29, 1.82) is 0 Å². The lowest BCUT2D eigenvalue weighted by Crippen LogP contribution is -2.01. The van der Waals surface area contributed by atoms with E-state index in [-0.39, 0.29) is 11.1 Å². The zero-order valence-corrected chi connectivity index (χ0v) is 14.4. The smallest absolute Gasteiger partial charge is 0.174 e. The van der Waals surface area contributed by atoms with Crippen molar-refractivity contribution in [1.82, 2.24) is 0 Å². The highest BCUT2D eigenvalue weighted by Crippen LogP contribution is 2.37. The minimum atomic E-state index is -0.0136. The molecule has 0 radical (unpaired) electrons. The number of halogens is 4. The largest absolute Gasteiger partial charge is 0.293 e. The third-order valence-corrected chi connectivity index (χ3v) is 4.61. The summed E-state index contributed by atoms with van der Waals surface area (Å²) in [5.74, 6) is -0.0136. The van der Waals surface area contributed by atoms with Gasteiger partial charge in [0.15, 0.2) is 5.78 Å². The maximum absolute atomic E-state index is 12.2. The SMILES string of the molecule is O=C(CBr)c1cc2cc(Cl)cc(Cl)c2c2ccc(Cl)cc12. The van der Waals surface area contributed by atoms with Crippen molar-refractivity contribution in [2.24, 2.45) is 0 Å². The molecule has 1 nitrogen and oxygen atoms in total. The third-order valence-electron chi connectivity index (χ3n) is 3.35. The predicted molar refractivity (Wildman–Crippen MR) is 94.6 cm³/mol. The van der Waals surface area contributed by atoms with Gasteiger partial charge in [-0.1, -0.05) is 56.8 Å². The second-order valence-corrected chi connectivity index (χ2v) is 6.50. The summed E-state index contributed by atoms with van der Waals surface area (Å²) < 4.78 is 0. The van der Waals surface area contributed by atoms with E-state index < -0.39 is 0 Å². The molecule has 0 spiro atoms. The van der Waals surface area contributed by atoms with Crippen molar-refractivity contribution in [3.63, 3.8) is 0 Å². The molecule has 0 aromatic heterocycles. The van der Waals surface area contributed by atoms with Gasteiger partial charge in [0, 0.05) is 21.0 Å². The van der Waals surface area contributed by atoms with Gasteiger partial charge in [-0.15, -0.1) is 0 Å². The summed E-state index contributed by atoms with van der Waals surface area (Å²) in [5.41, 5.74) is 0.607.